The highest BCUT2D eigenvalue weighted by atomic mass is 19.2. The maximum atomic E-state index is 13.1. The summed E-state index contributed by atoms with van der Waals surface area (Å²) in [6.07, 6.45) is 1.49. The van der Waals surface area contributed by atoms with Crippen LogP contribution < -0.4 is 5.32 Å². The first-order valence-electron chi connectivity index (χ1n) is 5.80. The zero-order chi connectivity index (χ0) is 13.7. The van der Waals surface area contributed by atoms with Gasteiger partial charge in [0.2, 0.25) is 5.89 Å². The minimum Gasteiger partial charge on any atom is -0.439 e. The van der Waals surface area contributed by atoms with Crippen LogP contribution >= 0.6 is 0 Å². The van der Waals surface area contributed by atoms with Gasteiger partial charge in [-0.15, -0.1) is 0 Å². The Morgan fingerprint density at radius 1 is 1.32 bits per heavy atom. The number of nitrogens with zero attached hydrogens (tertiary/aromatic N) is 1. The second-order valence-corrected chi connectivity index (χ2v) is 3.92. The molecule has 4 nitrogen and oxygen atoms in total. The van der Waals surface area contributed by atoms with Crippen molar-refractivity contribution in [2.75, 3.05) is 20.3 Å². The van der Waals surface area contributed by atoms with Crippen LogP contribution in [0.2, 0.25) is 0 Å². The first kappa shape index (κ1) is 13.6. The Kier molecular flexibility index (Phi) is 4.59. The minimum atomic E-state index is -0.909. The van der Waals surface area contributed by atoms with Crippen LogP contribution in [0, 0.1) is 11.6 Å². The number of aromatic nitrogens is 1. The number of nitrogens with one attached hydrogen (secondary N) is 1. The van der Waals surface area contributed by atoms with E-state index < -0.39 is 11.6 Å². The Morgan fingerprint density at radius 3 is 2.89 bits per heavy atom. The second kappa shape index (κ2) is 6.40. The molecule has 1 heterocycles. The van der Waals surface area contributed by atoms with Gasteiger partial charge in [0.25, 0.3) is 0 Å². The summed E-state index contributed by atoms with van der Waals surface area (Å²) in [6.45, 7) is 1.73. The second-order valence-electron chi connectivity index (χ2n) is 3.92. The molecule has 0 amide bonds. The van der Waals surface area contributed by atoms with Crippen LogP contribution in [0.5, 0.6) is 0 Å². The SMILES string of the molecule is COCCNCc1ncc(-c2ccc(F)c(F)c2)o1. The van der Waals surface area contributed by atoms with Gasteiger partial charge in [0.05, 0.1) is 19.3 Å². The molecule has 0 saturated carbocycles. The molecule has 0 fully saturated rings. The number of hydrogen-bond acceptors (Lipinski definition) is 4. The van der Waals surface area contributed by atoms with Crippen molar-refractivity contribution in [1.82, 2.24) is 10.3 Å². The monoisotopic (exact) mass is 268 g/mol. The number of rotatable bonds is 6. The molecule has 0 spiro atoms. The molecule has 6 heteroatoms. The van der Waals surface area contributed by atoms with Gasteiger partial charge in [-0.05, 0) is 18.2 Å². The van der Waals surface area contributed by atoms with Crippen molar-refractivity contribution < 1.29 is 17.9 Å². The van der Waals surface area contributed by atoms with Gasteiger partial charge in [0.1, 0.15) is 0 Å². The van der Waals surface area contributed by atoms with E-state index in [-0.39, 0.29) is 0 Å². The van der Waals surface area contributed by atoms with Gasteiger partial charge in [-0.3, -0.25) is 0 Å². The largest absolute Gasteiger partial charge is 0.439 e. The average molecular weight is 268 g/mol. The van der Waals surface area contributed by atoms with Gasteiger partial charge in [-0.1, -0.05) is 0 Å². The predicted molar refractivity (Wildman–Crippen MR) is 65.4 cm³/mol. The lowest BCUT2D eigenvalue weighted by Gasteiger charge is -2.00. The van der Waals surface area contributed by atoms with E-state index in [1.165, 1.54) is 12.3 Å². The van der Waals surface area contributed by atoms with E-state index in [9.17, 15) is 8.78 Å². The molecule has 1 aromatic carbocycles. The van der Waals surface area contributed by atoms with Crippen LogP contribution in [-0.2, 0) is 11.3 Å². The third kappa shape index (κ3) is 3.59. The van der Waals surface area contributed by atoms with Crippen molar-refractivity contribution >= 4 is 0 Å². The molecule has 2 aromatic rings. The predicted octanol–water partition coefficient (Wildman–Crippen LogP) is 2.36. The smallest absolute Gasteiger partial charge is 0.208 e. The molecule has 0 unspecified atom stereocenters. The number of oxazole rings is 1. The normalized spacial score (nSPS) is 10.9. The molecule has 1 aromatic heterocycles. The van der Waals surface area contributed by atoms with Gasteiger partial charge in [-0.2, -0.15) is 0 Å². The third-order valence-corrected chi connectivity index (χ3v) is 2.52. The molecule has 0 aliphatic heterocycles. The fourth-order valence-corrected chi connectivity index (χ4v) is 1.54. The van der Waals surface area contributed by atoms with E-state index in [1.54, 1.807) is 7.11 Å². The zero-order valence-electron chi connectivity index (χ0n) is 10.5. The lowest BCUT2D eigenvalue weighted by molar-refractivity contribution is 0.198. The van der Waals surface area contributed by atoms with Crippen molar-refractivity contribution in [1.29, 1.82) is 0 Å². The summed E-state index contributed by atoms with van der Waals surface area (Å²) in [7, 11) is 1.62. The Morgan fingerprint density at radius 2 is 2.16 bits per heavy atom. The summed E-state index contributed by atoms with van der Waals surface area (Å²) in [4.78, 5) is 4.06. The Bertz CT molecular complexity index is 543. The van der Waals surface area contributed by atoms with E-state index in [0.29, 0.717) is 36.9 Å². The maximum Gasteiger partial charge on any atom is 0.208 e. The highest BCUT2D eigenvalue weighted by Crippen LogP contribution is 2.22. The van der Waals surface area contributed by atoms with Gasteiger partial charge >= 0.3 is 0 Å². The van der Waals surface area contributed by atoms with Crippen molar-refractivity contribution in [2.24, 2.45) is 0 Å². The molecule has 0 aliphatic rings. The van der Waals surface area contributed by atoms with Crippen molar-refractivity contribution in [3.63, 3.8) is 0 Å². The van der Waals surface area contributed by atoms with Crippen LogP contribution in [0.25, 0.3) is 11.3 Å². The maximum absolute atomic E-state index is 13.1. The number of methoxy groups -OCH3 is 1. The van der Waals surface area contributed by atoms with Crippen LogP contribution in [0.1, 0.15) is 5.89 Å². The standard InChI is InChI=1S/C13H14F2N2O2/c1-18-5-4-16-8-13-17-7-12(19-13)9-2-3-10(14)11(15)6-9/h2-3,6-7,16H,4-5,8H2,1H3. The average Bonchev–Trinajstić information content (AvgIpc) is 2.87. The molecule has 0 bridgehead atoms. The lowest BCUT2D eigenvalue weighted by Crippen LogP contribution is -2.18. The van der Waals surface area contributed by atoms with Crippen molar-refractivity contribution in [3.05, 3.63) is 41.9 Å². The van der Waals surface area contributed by atoms with Crippen LogP contribution in [0.4, 0.5) is 8.78 Å². The molecule has 102 valence electrons. The van der Waals surface area contributed by atoms with Crippen molar-refractivity contribution in [2.45, 2.75) is 6.54 Å². The Labute approximate surface area is 109 Å². The fourth-order valence-electron chi connectivity index (χ4n) is 1.54. The van der Waals surface area contributed by atoms with Crippen LogP contribution in [0.15, 0.2) is 28.8 Å². The molecule has 19 heavy (non-hydrogen) atoms. The van der Waals surface area contributed by atoms with E-state index in [2.05, 4.69) is 10.3 Å². The topological polar surface area (TPSA) is 47.3 Å². The number of benzene rings is 1. The summed E-state index contributed by atoms with van der Waals surface area (Å²) in [5.74, 6) is -0.906. The van der Waals surface area contributed by atoms with Crippen molar-refractivity contribution in [3.8, 4) is 11.3 Å². The van der Waals surface area contributed by atoms with E-state index in [0.717, 1.165) is 12.1 Å². The highest BCUT2D eigenvalue weighted by Gasteiger charge is 2.09. The number of ether oxygens (including phenoxy) is 1. The summed E-state index contributed by atoms with van der Waals surface area (Å²) < 4.78 is 36.2. The van der Waals surface area contributed by atoms with Crippen LogP contribution in [0.3, 0.4) is 0 Å². The fraction of sp³-hybridized carbons (Fsp3) is 0.308. The Hall–Kier alpha value is -1.79. The summed E-state index contributed by atoms with van der Waals surface area (Å²) in [5, 5.41) is 3.07. The zero-order valence-corrected chi connectivity index (χ0v) is 10.5. The number of halogens is 2. The van der Waals surface area contributed by atoms with E-state index in [4.69, 9.17) is 9.15 Å². The number of hydrogen-bond donors (Lipinski definition) is 1. The summed E-state index contributed by atoms with van der Waals surface area (Å²) in [5.41, 5.74) is 0.453. The van der Waals surface area contributed by atoms with Gasteiger partial charge < -0.3 is 14.5 Å². The molecule has 2 rings (SSSR count). The molecule has 0 saturated heterocycles. The summed E-state index contributed by atoms with van der Waals surface area (Å²) >= 11 is 0. The van der Waals surface area contributed by atoms with Gasteiger partial charge in [0, 0.05) is 19.2 Å². The molecule has 1 N–H and O–H groups in total. The van der Waals surface area contributed by atoms with Gasteiger partial charge in [-0.25, -0.2) is 13.8 Å². The molecular weight excluding hydrogens is 254 g/mol. The third-order valence-electron chi connectivity index (χ3n) is 2.52. The first-order chi connectivity index (χ1) is 9.20. The lowest BCUT2D eigenvalue weighted by atomic mass is 10.2. The molecule has 0 aliphatic carbocycles. The Balaban J connectivity index is 2.01. The molecule has 0 atom stereocenters. The molecular formula is C13H14F2N2O2. The summed E-state index contributed by atoms with van der Waals surface area (Å²) in [6, 6.07) is 3.59. The van der Waals surface area contributed by atoms with Gasteiger partial charge in [0.15, 0.2) is 17.4 Å². The molecule has 0 radical (unpaired) electrons. The van der Waals surface area contributed by atoms with E-state index >= 15 is 0 Å². The van der Waals surface area contributed by atoms with E-state index in [1.807, 2.05) is 0 Å². The highest BCUT2D eigenvalue weighted by molar-refractivity contribution is 5.56. The quantitative estimate of drug-likeness (QED) is 0.817. The minimum absolute atomic E-state index is 0.405. The van der Waals surface area contributed by atoms with Crippen LogP contribution in [-0.4, -0.2) is 25.2 Å². The first-order valence-corrected chi connectivity index (χ1v) is 5.80.